The van der Waals surface area contributed by atoms with Gasteiger partial charge in [-0.05, 0) is 50.2 Å². The normalized spacial score (nSPS) is 11.3. The third-order valence-corrected chi connectivity index (χ3v) is 5.49. The van der Waals surface area contributed by atoms with Gasteiger partial charge in [0.1, 0.15) is 11.5 Å². The molecule has 0 saturated carbocycles. The summed E-state index contributed by atoms with van der Waals surface area (Å²) in [6.07, 6.45) is 0. The Labute approximate surface area is 163 Å². The van der Waals surface area contributed by atoms with E-state index in [2.05, 4.69) is 10.0 Å². The molecule has 2 N–H and O–H groups in total. The number of hydrogen-bond donors (Lipinski definition) is 2. The minimum Gasteiger partial charge on any atom is -0.495 e. The Bertz CT molecular complexity index is 945. The summed E-state index contributed by atoms with van der Waals surface area (Å²) in [6, 6.07) is 8.54. The average Bonchev–Trinajstić information content (AvgIpc) is 2.60. The molecule has 0 fully saturated rings. The summed E-state index contributed by atoms with van der Waals surface area (Å²) < 4.78 is 37.5. The molecule has 0 heterocycles. The number of halogens is 1. The van der Waals surface area contributed by atoms with Crippen LogP contribution in [-0.2, 0) is 10.0 Å². The zero-order valence-corrected chi connectivity index (χ0v) is 16.9. The van der Waals surface area contributed by atoms with Gasteiger partial charge < -0.3 is 14.8 Å². The summed E-state index contributed by atoms with van der Waals surface area (Å²) in [5.74, 6) is 0.300. The number of benzene rings is 2. The molecular formula is C18H21ClN2O5S. The van der Waals surface area contributed by atoms with Gasteiger partial charge in [0.05, 0.1) is 29.8 Å². The fourth-order valence-corrected chi connectivity index (χ4v) is 3.87. The van der Waals surface area contributed by atoms with E-state index in [1.54, 1.807) is 26.0 Å². The van der Waals surface area contributed by atoms with Crippen molar-refractivity contribution in [3.8, 4) is 11.5 Å². The Morgan fingerprint density at radius 1 is 1.04 bits per heavy atom. The van der Waals surface area contributed by atoms with E-state index in [0.717, 1.165) is 0 Å². The molecule has 0 radical (unpaired) electrons. The Balaban J connectivity index is 2.35. The summed E-state index contributed by atoms with van der Waals surface area (Å²) in [4.78, 5) is 12.6. The van der Waals surface area contributed by atoms with E-state index in [1.165, 1.54) is 38.5 Å². The molecule has 0 bridgehead atoms. The quantitative estimate of drug-likeness (QED) is 0.727. The Kier molecular flexibility index (Phi) is 6.69. The molecule has 7 nitrogen and oxygen atoms in total. The Morgan fingerprint density at radius 3 is 2.22 bits per heavy atom. The lowest BCUT2D eigenvalue weighted by Crippen LogP contribution is -2.30. The number of ether oxygens (including phenoxy) is 2. The predicted molar refractivity (Wildman–Crippen MR) is 104 cm³/mol. The van der Waals surface area contributed by atoms with Gasteiger partial charge in [-0.2, -0.15) is 0 Å². The zero-order valence-electron chi connectivity index (χ0n) is 15.4. The predicted octanol–water partition coefficient (Wildman–Crippen LogP) is 3.30. The third kappa shape index (κ3) is 5.12. The van der Waals surface area contributed by atoms with Crippen LogP contribution in [-0.4, -0.2) is 34.6 Å². The molecule has 0 aliphatic heterocycles. The van der Waals surface area contributed by atoms with Gasteiger partial charge in [0.2, 0.25) is 10.0 Å². The van der Waals surface area contributed by atoms with E-state index < -0.39 is 15.9 Å². The number of hydrogen-bond acceptors (Lipinski definition) is 5. The van der Waals surface area contributed by atoms with Gasteiger partial charge in [-0.3, -0.25) is 4.79 Å². The molecule has 1 amide bonds. The van der Waals surface area contributed by atoms with E-state index in [1.807, 2.05) is 0 Å². The molecule has 0 atom stereocenters. The maximum atomic E-state index is 12.5. The van der Waals surface area contributed by atoms with Crippen molar-refractivity contribution in [1.82, 2.24) is 4.72 Å². The minimum absolute atomic E-state index is 0.0139. The number of carbonyl (C=O) groups excluding carboxylic acids is 1. The molecule has 0 aliphatic carbocycles. The number of nitrogens with one attached hydrogen (secondary N) is 2. The molecule has 2 rings (SSSR count). The second-order valence-electron chi connectivity index (χ2n) is 5.94. The minimum atomic E-state index is -3.72. The molecule has 0 saturated heterocycles. The van der Waals surface area contributed by atoms with Crippen LogP contribution in [0, 0.1) is 0 Å². The average molecular weight is 413 g/mol. The number of rotatable bonds is 7. The molecule has 27 heavy (non-hydrogen) atoms. The van der Waals surface area contributed by atoms with Crippen molar-refractivity contribution in [2.24, 2.45) is 0 Å². The standard InChI is InChI=1S/C18H21ClN2O5S/c1-11(2)21-27(23,24)13-6-8-17(26-4)15(10-13)20-18(22)12-5-7-16(25-3)14(19)9-12/h5-11,21H,1-4H3,(H,20,22). The molecule has 0 aromatic heterocycles. The van der Waals surface area contributed by atoms with Gasteiger partial charge in [-0.25, -0.2) is 13.1 Å². The summed E-state index contributed by atoms with van der Waals surface area (Å²) in [6.45, 7) is 3.44. The van der Waals surface area contributed by atoms with Gasteiger partial charge in [0.25, 0.3) is 5.91 Å². The van der Waals surface area contributed by atoms with Crippen molar-refractivity contribution >= 4 is 33.2 Å². The van der Waals surface area contributed by atoms with Gasteiger partial charge in [0.15, 0.2) is 0 Å². The van der Waals surface area contributed by atoms with Crippen LogP contribution >= 0.6 is 11.6 Å². The second-order valence-corrected chi connectivity index (χ2v) is 8.06. The Hall–Kier alpha value is -2.29. The highest BCUT2D eigenvalue weighted by molar-refractivity contribution is 7.89. The van der Waals surface area contributed by atoms with Crippen LogP contribution in [0.15, 0.2) is 41.3 Å². The number of sulfonamides is 1. The zero-order chi connectivity index (χ0) is 20.2. The van der Waals surface area contributed by atoms with Crippen molar-refractivity contribution in [3.63, 3.8) is 0 Å². The first-order valence-electron chi connectivity index (χ1n) is 8.03. The number of anilines is 1. The van der Waals surface area contributed by atoms with E-state index >= 15 is 0 Å². The fourth-order valence-electron chi connectivity index (χ4n) is 2.33. The van der Waals surface area contributed by atoms with Gasteiger partial charge in [0, 0.05) is 11.6 Å². The van der Waals surface area contributed by atoms with Gasteiger partial charge in [-0.15, -0.1) is 0 Å². The van der Waals surface area contributed by atoms with Crippen molar-refractivity contribution in [1.29, 1.82) is 0 Å². The molecule has 146 valence electrons. The SMILES string of the molecule is COc1ccc(C(=O)Nc2cc(S(=O)(=O)NC(C)C)ccc2OC)cc1Cl. The van der Waals surface area contributed by atoms with Crippen molar-refractivity contribution < 1.29 is 22.7 Å². The molecule has 0 spiro atoms. The topological polar surface area (TPSA) is 93.7 Å². The van der Waals surface area contributed by atoms with Crippen LogP contribution in [0.2, 0.25) is 5.02 Å². The van der Waals surface area contributed by atoms with Gasteiger partial charge >= 0.3 is 0 Å². The summed E-state index contributed by atoms with van der Waals surface area (Å²) >= 11 is 6.05. The van der Waals surface area contributed by atoms with Gasteiger partial charge in [-0.1, -0.05) is 11.6 Å². The molecule has 0 aliphatic rings. The van der Waals surface area contributed by atoms with E-state index in [9.17, 15) is 13.2 Å². The summed E-state index contributed by atoms with van der Waals surface area (Å²) in [5.41, 5.74) is 0.512. The highest BCUT2D eigenvalue weighted by atomic mass is 35.5. The van der Waals surface area contributed by atoms with E-state index in [-0.39, 0.29) is 27.2 Å². The van der Waals surface area contributed by atoms with Crippen molar-refractivity contribution in [3.05, 3.63) is 47.0 Å². The number of amides is 1. The first kappa shape index (κ1) is 21.0. The first-order valence-corrected chi connectivity index (χ1v) is 9.89. The van der Waals surface area contributed by atoms with Crippen LogP contribution in [0.5, 0.6) is 11.5 Å². The van der Waals surface area contributed by atoms with E-state index in [0.29, 0.717) is 11.5 Å². The second kappa shape index (κ2) is 8.60. The molecule has 2 aromatic carbocycles. The lowest BCUT2D eigenvalue weighted by atomic mass is 10.2. The summed E-state index contributed by atoms with van der Waals surface area (Å²) in [7, 11) is -0.816. The monoisotopic (exact) mass is 412 g/mol. The highest BCUT2D eigenvalue weighted by Crippen LogP contribution is 2.29. The summed E-state index contributed by atoms with van der Waals surface area (Å²) in [5, 5.41) is 2.94. The molecule has 0 unspecified atom stereocenters. The van der Waals surface area contributed by atoms with Crippen molar-refractivity contribution in [2.75, 3.05) is 19.5 Å². The van der Waals surface area contributed by atoms with Crippen LogP contribution in [0.1, 0.15) is 24.2 Å². The fraction of sp³-hybridized carbons (Fsp3) is 0.278. The van der Waals surface area contributed by atoms with Crippen LogP contribution in [0.3, 0.4) is 0 Å². The largest absolute Gasteiger partial charge is 0.495 e. The maximum Gasteiger partial charge on any atom is 0.255 e. The first-order chi connectivity index (χ1) is 12.7. The third-order valence-electron chi connectivity index (χ3n) is 3.53. The maximum absolute atomic E-state index is 12.5. The molecule has 2 aromatic rings. The molecular weight excluding hydrogens is 392 g/mol. The lowest BCUT2D eigenvalue weighted by molar-refractivity contribution is 0.102. The molecule has 9 heteroatoms. The number of carbonyl (C=O) groups is 1. The van der Waals surface area contributed by atoms with Crippen LogP contribution < -0.4 is 19.5 Å². The van der Waals surface area contributed by atoms with Crippen molar-refractivity contribution in [2.45, 2.75) is 24.8 Å². The van der Waals surface area contributed by atoms with Crippen LogP contribution in [0.25, 0.3) is 0 Å². The Morgan fingerprint density at radius 2 is 1.67 bits per heavy atom. The highest BCUT2D eigenvalue weighted by Gasteiger charge is 2.19. The number of methoxy groups -OCH3 is 2. The lowest BCUT2D eigenvalue weighted by Gasteiger charge is -2.14. The smallest absolute Gasteiger partial charge is 0.255 e. The van der Waals surface area contributed by atoms with Crippen LogP contribution in [0.4, 0.5) is 5.69 Å². The van der Waals surface area contributed by atoms with E-state index in [4.69, 9.17) is 21.1 Å².